The number of hydrogen-bond acceptors (Lipinski definition) is 4. The third-order valence-corrected chi connectivity index (χ3v) is 5.74. The summed E-state index contributed by atoms with van der Waals surface area (Å²) in [5, 5.41) is 6.85. The minimum atomic E-state index is -0.119. The number of amides is 1. The van der Waals surface area contributed by atoms with E-state index in [1.807, 2.05) is 42.6 Å². The fraction of sp³-hybridized carbons (Fsp3) is 0.292. The second-order valence-corrected chi connectivity index (χ2v) is 8.88. The van der Waals surface area contributed by atoms with E-state index in [9.17, 15) is 4.79 Å². The molecule has 5 rings (SSSR count). The first kappa shape index (κ1) is 19.8. The molecule has 2 heterocycles. The Kier molecular flexibility index (Phi) is 5.02. The summed E-state index contributed by atoms with van der Waals surface area (Å²) in [4.78, 5) is 21.9. The number of nitrogens with zero attached hydrogens (tertiary/aromatic N) is 3. The van der Waals surface area contributed by atoms with E-state index in [-0.39, 0.29) is 11.9 Å². The Morgan fingerprint density at radius 3 is 2.77 bits per heavy atom. The van der Waals surface area contributed by atoms with Gasteiger partial charge in [-0.25, -0.2) is 9.97 Å². The molecule has 0 bridgehead atoms. The lowest BCUT2D eigenvalue weighted by Crippen LogP contribution is -2.25. The van der Waals surface area contributed by atoms with Gasteiger partial charge in [-0.3, -0.25) is 9.20 Å². The molecule has 1 fully saturated rings. The minimum Gasteiger partial charge on any atom is -0.367 e. The van der Waals surface area contributed by atoms with Gasteiger partial charge in [0.05, 0.1) is 33.5 Å². The van der Waals surface area contributed by atoms with Crippen molar-refractivity contribution >= 4 is 40.0 Å². The van der Waals surface area contributed by atoms with Crippen LogP contribution in [0.2, 0.25) is 5.02 Å². The van der Waals surface area contributed by atoms with Crippen molar-refractivity contribution < 1.29 is 4.79 Å². The van der Waals surface area contributed by atoms with E-state index in [0.29, 0.717) is 16.5 Å². The van der Waals surface area contributed by atoms with Crippen LogP contribution in [-0.2, 0) is 0 Å². The lowest BCUT2D eigenvalue weighted by Gasteiger charge is -2.13. The number of rotatable bonds is 6. The Morgan fingerprint density at radius 2 is 2.03 bits per heavy atom. The van der Waals surface area contributed by atoms with Crippen molar-refractivity contribution in [3.8, 4) is 11.3 Å². The number of anilines is 1. The maximum Gasteiger partial charge on any atom is 0.253 e. The normalized spacial score (nSPS) is 13.8. The van der Waals surface area contributed by atoms with Gasteiger partial charge in [0.25, 0.3) is 5.91 Å². The number of carbonyl (C=O) groups excluding carboxylic acids is 1. The van der Waals surface area contributed by atoms with Gasteiger partial charge in [-0.15, -0.1) is 0 Å². The van der Waals surface area contributed by atoms with Crippen LogP contribution in [0.4, 0.5) is 5.82 Å². The van der Waals surface area contributed by atoms with Gasteiger partial charge in [-0.2, -0.15) is 0 Å². The number of benzene rings is 2. The summed E-state index contributed by atoms with van der Waals surface area (Å²) in [6.07, 6.45) is 3.91. The minimum absolute atomic E-state index is 0.119. The average Bonchev–Trinajstić information content (AvgIpc) is 3.45. The monoisotopic (exact) mass is 433 g/mol. The van der Waals surface area contributed by atoms with Crippen LogP contribution in [0.15, 0.2) is 48.7 Å². The molecule has 0 saturated heterocycles. The van der Waals surface area contributed by atoms with E-state index < -0.39 is 0 Å². The molecule has 31 heavy (non-hydrogen) atoms. The number of hydrogen-bond donors (Lipinski definition) is 2. The molecule has 1 amide bonds. The molecule has 158 valence electrons. The molecule has 7 heteroatoms. The van der Waals surface area contributed by atoms with E-state index in [2.05, 4.69) is 33.9 Å². The summed E-state index contributed by atoms with van der Waals surface area (Å²) in [7, 11) is 0. The van der Waals surface area contributed by atoms with Crippen molar-refractivity contribution in [2.45, 2.75) is 32.7 Å². The largest absolute Gasteiger partial charge is 0.367 e. The molecule has 1 aliphatic carbocycles. The van der Waals surface area contributed by atoms with Crippen molar-refractivity contribution in [2.75, 3.05) is 11.9 Å². The number of fused-ring (bicyclic) bond motifs is 3. The Hall–Kier alpha value is -3.12. The molecule has 4 aromatic rings. The molecule has 2 N–H and O–H groups in total. The van der Waals surface area contributed by atoms with Crippen LogP contribution in [0.5, 0.6) is 0 Å². The average molecular weight is 434 g/mol. The SMILES string of the molecule is CC(C)CNc1nc2ccccc2n2c(-c3ccc(C(=O)NC4CC4)c(Cl)c3)cnc12. The predicted octanol–water partition coefficient (Wildman–Crippen LogP) is 5.16. The zero-order chi connectivity index (χ0) is 21.5. The molecule has 6 nitrogen and oxygen atoms in total. The molecule has 1 aliphatic rings. The Bertz CT molecular complexity index is 1290. The number of halogens is 1. The highest BCUT2D eigenvalue weighted by molar-refractivity contribution is 6.34. The molecule has 0 aliphatic heterocycles. The molecule has 0 atom stereocenters. The standard InChI is InChI=1S/C24H24ClN5O/c1-14(2)12-26-22-23-27-13-21(30(23)20-6-4-3-5-19(20)29-22)15-7-10-17(18(25)11-15)24(31)28-16-8-9-16/h3-7,10-11,13-14,16H,8-9,12H2,1-2H3,(H,26,29)(H,28,31). The van der Waals surface area contributed by atoms with Crippen molar-refractivity contribution in [3.05, 3.63) is 59.2 Å². The number of aromatic nitrogens is 3. The number of nitrogens with one attached hydrogen (secondary N) is 2. The lowest BCUT2D eigenvalue weighted by molar-refractivity contribution is 0.0951. The van der Waals surface area contributed by atoms with Crippen molar-refractivity contribution in [3.63, 3.8) is 0 Å². The van der Waals surface area contributed by atoms with E-state index in [0.717, 1.165) is 53.1 Å². The molecular formula is C24H24ClN5O. The maximum absolute atomic E-state index is 12.4. The maximum atomic E-state index is 12.4. The zero-order valence-corrected chi connectivity index (χ0v) is 18.3. The predicted molar refractivity (Wildman–Crippen MR) is 125 cm³/mol. The van der Waals surface area contributed by atoms with Gasteiger partial charge in [0.1, 0.15) is 0 Å². The fourth-order valence-electron chi connectivity index (χ4n) is 3.65. The van der Waals surface area contributed by atoms with Gasteiger partial charge in [0, 0.05) is 18.2 Å². The third kappa shape index (κ3) is 3.83. The van der Waals surface area contributed by atoms with Crippen LogP contribution >= 0.6 is 11.6 Å². The van der Waals surface area contributed by atoms with Crippen LogP contribution in [0.1, 0.15) is 37.0 Å². The molecular weight excluding hydrogens is 410 g/mol. The van der Waals surface area contributed by atoms with Crippen LogP contribution in [0.3, 0.4) is 0 Å². The fourth-order valence-corrected chi connectivity index (χ4v) is 3.92. The van der Waals surface area contributed by atoms with Gasteiger partial charge in [0.2, 0.25) is 0 Å². The second kappa shape index (κ2) is 7.85. The highest BCUT2D eigenvalue weighted by Gasteiger charge is 2.25. The highest BCUT2D eigenvalue weighted by atomic mass is 35.5. The quantitative estimate of drug-likeness (QED) is 0.440. The molecule has 2 aromatic carbocycles. The summed E-state index contributed by atoms with van der Waals surface area (Å²) < 4.78 is 2.10. The molecule has 0 spiro atoms. The number of carbonyl (C=O) groups is 1. The summed E-state index contributed by atoms with van der Waals surface area (Å²) in [5.41, 5.74) is 4.90. The van der Waals surface area contributed by atoms with E-state index in [1.165, 1.54) is 0 Å². The summed E-state index contributed by atoms with van der Waals surface area (Å²) in [6, 6.07) is 13.8. The van der Waals surface area contributed by atoms with Gasteiger partial charge in [-0.1, -0.05) is 43.6 Å². The second-order valence-electron chi connectivity index (χ2n) is 8.47. The van der Waals surface area contributed by atoms with Crippen molar-refractivity contribution in [1.82, 2.24) is 19.7 Å². The smallest absolute Gasteiger partial charge is 0.253 e. The summed E-state index contributed by atoms with van der Waals surface area (Å²) >= 11 is 6.52. The van der Waals surface area contributed by atoms with Crippen LogP contribution in [-0.4, -0.2) is 32.9 Å². The van der Waals surface area contributed by atoms with Gasteiger partial charge in [-0.05, 0) is 43.0 Å². The lowest BCUT2D eigenvalue weighted by atomic mass is 10.1. The number of imidazole rings is 1. The Morgan fingerprint density at radius 1 is 1.23 bits per heavy atom. The highest BCUT2D eigenvalue weighted by Crippen LogP contribution is 2.31. The Labute approximate surface area is 185 Å². The Balaban J connectivity index is 1.61. The van der Waals surface area contributed by atoms with E-state index in [1.54, 1.807) is 6.07 Å². The van der Waals surface area contributed by atoms with Crippen LogP contribution in [0.25, 0.3) is 27.9 Å². The first-order valence-electron chi connectivity index (χ1n) is 10.6. The van der Waals surface area contributed by atoms with Gasteiger partial charge in [0.15, 0.2) is 11.5 Å². The van der Waals surface area contributed by atoms with Crippen LogP contribution < -0.4 is 10.6 Å². The van der Waals surface area contributed by atoms with Gasteiger partial charge < -0.3 is 10.6 Å². The van der Waals surface area contributed by atoms with Crippen molar-refractivity contribution in [1.29, 1.82) is 0 Å². The number of para-hydroxylation sites is 2. The molecule has 1 saturated carbocycles. The summed E-state index contributed by atoms with van der Waals surface area (Å²) in [6.45, 7) is 5.12. The molecule has 0 unspecified atom stereocenters. The van der Waals surface area contributed by atoms with Crippen LogP contribution in [0, 0.1) is 5.92 Å². The van der Waals surface area contributed by atoms with Crippen molar-refractivity contribution in [2.24, 2.45) is 5.92 Å². The topological polar surface area (TPSA) is 71.3 Å². The first-order chi connectivity index (χ1) is 15.0. The van der Waals surface area contributed by atoms with Gasteiger partial charge >= 0.3 is 0 Å². The molecule has 2 aromatic heterocycles. The first-order valence-corrected chi connectivity index (χ1v) is 11.0. The van der Waals surface area contributed by atoms with E-state index >= 15 is 0 Å². The van der Waals surface area contributed by atoms with E-state index in [4.69, 9.17) is 16.6 Å². The zero-order valence-electron chi connectivity index (χ0n) is 17.5. The molecule has 0 radical (unpaired) electrons. The summed E-state index contributed by atoms with van der Waals surface area (Å²) in [5.74, 6) is 1.12. The third-order valence-electron chi connectivity index (χ3n) is 5.43.